The van der Waals surface area contributed by atoms with Crippen LogP contribution in [0.2, 0.25) is 5.02 Å². The fourth-order valence-corrected chi connectivity index (χ4v) is 6.82. The summed E-state index contributed by atoms with van der Waals surface area (Å²) in [5.41, 5.74) is 4.60. The van der Waals surface area contributed by atoms with E-state index in [4.69, 9.17) is 11.6 Å². The van der Waals surface area contributed by atoms with Crippen LogP contribution in [-0.4, -0.2) is 44.3 Å². The van der Waals surface area contributed by atoms with Gasteiger partial charge in [-0.1, -0.05) is 103 Å². The second kappa shape index (κ2) is 15.4. The lowest BCUT2D eigenvalue weighted by Gasteiger charge is -2.34. The molecule has 0 aliphatic heterocycles. The van der Waals surface area contributed by atoms with Crippen LogP contribution in [0.1, 0.15) is 41.7 Å². The number of hydrogen-bond acceptors (Lipinski definition) is 4. The van der Waals surface area contributed by atoms with E-state index in [1.807, 2.05) is 82.3 Å². The summed E-state index contributed by atoms with van der Waals surface area (Å²) >= 11 is 6.25. The lowest BCUT2D eigenvalue weighted by Crippen LogP contribution is -2.53. The smallest absolute Gasteiger partial charge is 0.264 e. The SMILES string of the molecule is Cc1ccc(CN(C(=O)CN(c2ccc(Cl)cc2C)S(=O)(=O)c2ccc(C)cc2)[C@@H](Cc2ccccc2)C(=O)NCC(C)C)cc1. The van der Waals surface area contributed by atoms with Gasteiger partial charge in [0.15, 0.2) is 0 Å². The third-order valence-corrected chi connectivity index (χ3v) is 9.75. The summed E-state index contributed by atoms with van der Waals surface area (Å²) in [6.45, 7) is 9.65. The Hall–Kier alpha value is -4.14. The van der Waals surface area contributed by atoms with Crippen LogP contribution in [0.3, 0.4) is 0 Å². The molecule has 1 atom stereocenters. The Morgan fingerprint density at radius 2 is 1.41 bits per heavy atom. The predicted molar refractivity (Wildman–Crippen MR) is 185 cm³/mol. The summed E-state index contributed by atoms with van der Waals surface area (Å²) in [6, 6.07) is 27.8. The van der Waals surface area contributed by atoms with Gasteiger partial charge >= 0.3 is 0 Å². The molecule has 4 aromatic carbocycles. The van der Waals surface area contributed by atoms with Gasteiger partial charge in [-0.2, -0.15) is 0 Å². The molecule has 7 nitrogen and oxygen atoms in total. The van der Waals surface area contributed by atoms with Crippen LogP contribution in [0.25, 0.3) is 0 Å². The third kappa shape index (κ3) is 8.98. The number of amides is 2. The van der Waals surface area contributed by atoms with Crippen molar-refractivity contribution in [1.82, 2.24) is 10.2 Å². The molecule has 0 aliphatic rings. The third-order valence-electron chi connectivity index (χ3n) is 7.74. The van der Waals surface area contributed by atoms with E-state index in [0.717, 1.165) is 26.6 Å². The fourth-order valence-electron chi connectivity index (χ4n) is 5.12. The molecule has 0 saturated carbocycles. The van der Waals surface area contributed by atoms with Crippen molar-refractivity contribution in [2.75, 3.05) is 17.4 Å². The molecule has 0 aromatic heterocycles. The molecule has 0 unspecified atom stereocenters. The minimum atomic E-state index is -4.20. The van der Waals surface area contributed by atoms with Crippen molar-refractivity contribution in [3.8, 4) is 0 Å². The average Bonchev–Trinajstić information content (AvgIpc) is 3.02. The van der Waals surface area contributed by atoms with Crippen molar-refractivity contribution in [1.29, 1.82) is 0 Å². The minimum absolute atomic E-state index is 0.0563. The molecular formula is C37H42ClN3O4S. The summed E-state index contributed by atoms with van der Waals surface area (Å²) in [5, 5.41) is 3.47. The highest BCUT2D eigenvalue weighted by molar-refractivity contribution is 7.92. The topological polar surface area (TPSA) is 86.8 Å². The van der Waals surface area contributed by atoms with Gasteiger partial charge in [-0.25, -0.2) is 8.42 Å². The minimum Gasteiger partial charge on any atom is -0.354 e. The first-order chi connectivity index (χ1) is 21.8. The first kappa shape index (κ1) is 34.7. The predicted octanol–water partition coefficient (Wildman–Crippen LogP) is 6.87. The number of aryl methyl sites for hydroxylation is 3. The Bertz CT molecular complexity index is 1740. The summed E-state index contributed by atoms with van der Waals surface area (Å²) in [7, 11) is -4.20. The van der Waals surface area contributed by atoms with Gasteiger partial charge < -0.3 is 10.2 Å². The summed E-state index contributed by atoms with van der Waals surface area (Å²) in [6.07, 6.45) is 0.257. The lowest BCUT2D eigenvalue weighted by molar-refractivity contribution is -0.140. The van der Waals surface area contributed by atoms with Crippen molar-refractivity contribution < 1.29 is 18.0 Å². The summed E-state index contributed by atoms with van der Waals surface area (Å²) in [5.74, 6) is -0.606. The normalized spacial score (nSPS) is 12.1. The molecule has 0 heterocycles. The molecule has 0 radical (unpaired) electrons. The molecule has 46 heavy (non-hydrogen) atoms. The number of rotatable bonds is 13. The molecule has 0 bridgehead atoms. The van der Waals surface area contributed by atoms with Crippen molar-refractivity contribution in [2.45, 2.75) is 58.5 Å². The van der Waals surface area contributed by atoms with Crippen LogP contribution in [0.4, 0.5) is 5.69 Å². The quantitative estimate of drug-likeness (QED) is 0.170. The van der Waals surface area contributed by atoms with Gasteiger partial charge in [0.2, 0.25) is 11.8 Å². The number of carbonyl (C=O) groups excluding carboxylic acids is 2. The Labute approximate surface area is 278 Å². The second-order valence-corrected chi connectivity index (χ2v) is 14.4. The molecule has 0 spiro atoms. The summed E-state index contributed by atoms with van der Waals surface area (Å²) in [4.78, 5) is 30.1. The van der Waals surface area contributed by atoms with Crippen molar-refractivity contribution >= 4 is 39.1 Å². The average molecular weight is 660 g/mol. The molecule has 0 saturated heterocycles. The highest BCUT2D eigenvalue weighted by Crippen LogP contribution is 2.30. The van der Waals surface area contributed by atoms with Crippen molar-refractivity contribution in [2.24, 2.45) is 5.92 Å². The number of carbonyl (C=O) groups is 2. The van der Waals surface area contributed by atoms with Gasteiger partial charge in [-0.15, -0.1) is 0 Å². The molecular weight excluding hydrogens is 618 g/mol. The van der Waals surface area contributed by atoms with Crippen LogP contribution >= 0.6 is 11.6 Å². The van der Waals surface area contributed by atoms with E-state index in [1.165, 1.54) is 17.0 Å². The maximum Gasteiger partial charge on any atom is 0.264 e. The van der Waals surface area contributed by atoms with Gasteiger partial charge in [0.1, 0.15) is 12.6 Å². The molecule has 0 aliphatic carbocycles. The van der Waals surface area contributed by atoms with Crippen LogP contribution in [-0.2, 0) is 32.6 Å². The molecule has 242 valence electrons. The molecule has 4 aromatic rings. The Balaban J connectivity index is 1.82. The van der Waals surface area contributed by atoms with Crippen molar-refractivity contribution in [3.05, 3.63) is 130 Å². The second-order valence-electron chi connectivity index (χ2n) is 12.1. The lowest BCUT2D eigenvalue weighted by atomic mass is 10.0. The zero-order chi connectivity index (χ0) is 33.4. The van der Waals surface area contributed by atoms with Gasteiger partial charge in [-0.3, -0.25) is 13.9 Å². The first-order valence-corrected chi connectivity index (χ1v) is 17.2. The van der Waals surface area contributed by atoms with Crippen LogP contribution in [0.5, 0.6) is 0 Å². The van der Waals surface area contributed by atoms with Gasteiger partial charge in [-0.05, 0) is 73.7 Å². The molecule has 1 N–H and O–H groups in total. The summed E-state index contributed by atoms with van der Waals surface area (Å²) < 4.78 is 29.6. The van der Waals surface area contributed by atoms with Crippen LogP contribution < -0.4 is 9.62 Å². The Morgan fingerprint density at radius 1 is 0.804 bits per heavy atom. The molecule has 9 heteroatoms. The number of nitrogens with zero attached hydrogens (tertiary/aromatic N) is 2. The number of hydrogen-bond donors (Lipinski definition) is 1. The zero-order valence-corrected chi connectivity index (χ0v) is 28.6. The van der Waals surface area contributed by atoms with Gasteiger partial charge in [0, 0.05) is 24.5 Å². The highest BCUT2D eigenvalue weighted by atomic mass is 35.5. The Kier molecular flexibility index (Phi) is 11.7. The first-order valence-electron chi connectivity index (χ1n) is 15.4. The van der Waals surface area contributed by atoms with Crippen LogP contribution in [0.15, 0.2) is 102 Å². The monoisotopic (exact) mass is 659 g/mol. The Morgan fingerprint density at radius 3 is 2.00 bits per heavy atom. The number of halogens is 1. The van der Waals surface area contributed by atoms with Crippen LogP contribution in [0, 0.1) is 26.7 Å². The molecule has 0 fully saturated rings. The highest BCUT2D eigenvalue weighted by Gasteiger charge is 2.35. The largest absolute Gasteiger partial charge is 0.354 e. The fraction of sp³-hybridized carbons (Fsp3) is 0.297. The molecule has 2 amide bonds. The van der Waals surface area contributed by atoms with E-state index in [-0.39, 0.29) is 29.7 Å². The number of sulfonamides is 1. The zero-order valence-electron chi connectivity index (χ0n) is 27.0. The number of anilines is 1. The van der Waals surface area contributed by atoms with Gasteiger partial charge in [0.25, 0.3) is 10.0 Å². The van der Waals surface area contributed by atoms with E-state index < -0.39 is 28.5 Å². The van der Waals surface area contributed by atoms with E-state index in [2.05, 4.69) is 5.32 Å². The van der Waals surface area contributed by atoms with Crippen molar-refractivity contribution in [3.63, 3.8) is 0 Å². The van der Waals surface area contributed by atoms with E-state index in [9.17, 15) is 18.0 Å². The van der Waals surface area contributed by atoms with E-state index >= 15 is 0 Å². The standard InChI is InChI=1S/C37H42ClN3O4S/c1-26(2)23-39-37(43)35(22-30-9-7-6-8-10-30)40(24-31-15-11-27(3)12-16-31)36(42)25-41(34-20-17-32(38)21-29(34)5)46(44,45)33-18-13-28(4)14-19-33/h6-21,26,35H,22-25H2,1-5H3,(H,39,43)/t35-/m0/s1. The maximum atomic E-state index is 14.6. The molecule has 4 rings (SSSR count). The maximum absolute atomic E-state index is 14.6. The number of benzene rings is 4. The van der Waals surface area contributed by atoms with E-state index in [0.29, 0.717) is 22.8 Å². The number of nitrogens with one attached hydrogen (secondary N) is 1. The van der Waals surface area contributed by atoms with Gasteiger partial charge in [0.05, 0.1) is 10.6 Å². The van der Waals surface area contributed by atoms with E-state index in [1.54, 1.807) is 37.3 Å².